The lowest BCUT2D eigenvalue weighted by atomic mass is 9.88. The largest absolute Gasteiger partial charge is 0.383 e. The van der Waals surface area contributed by atoms with E-state index in [9.17, 15) is 9.59 Å². The van der Waals surface area contributed by atoms with Crippen molar-refractivity contribution in [2.45, 2.75) is 18.4 Å². The van der Waals surface area contributed by atoms with Crippen molar-refractivity contribution in [3.05, 3.63) is 51.4 Å². The van der Waals surface area contributed by atoms with E-state index in [0.29, 0.717) is 39.9 Å². The predicted molar refractivity (Wildman–Crippen MR) is 105 cm³/mol. The molecule has 0 saturated carbocycles. The third kappa shape index (κ3) is 3.33. The van der Waals surface area contributed by atoms with E-state index in [1.54, 1.807) is 12.1 Å². The molecule has 0 unspecified atom stereocenters. The molecule has 27 heavy (non-hydrogen) atoms. The molecule has 4 N–H and O–H groups in total. The molecule has 7 nitrogen and oxygen atoms in total. The van der Waals surface area contributed by atoms with Gasteiger partial charge in [-0.05, 0) is 36.2 Å². The number of hydrogen-bond donors (Lipinski definition) is 3. The number of nitrogens with two attached hydrogens (primary N) is 1. The van der Waals surface area contributed by atoms with Gasteiger partial charge in [0.1, 0.15) is 17.7 Å². The Balaban J connectivity index is 1.64. The minimum Gasteiger partial charge on any atom is -0.383 e. The first-order chi connectivity index (χ1) is 13.0. The molecule has 138 valence electrons. The molecule has 1 atom stereocenters. The van der Waals surface area contributed by atoms with Crippen LogP contribution in [-0.2, 0) is 11.2 Å². The summed E-state index contributed by atoms with van der Waals surface area (Å²) in [6.07, 6.45) is 2.26. The molecule has 0 bridgehead atoms. The second-order valence-corrected chi connectivity index (χ2v) is 8.15. The van der Waals surface area contributed by atoms with E-state index >= 15 is 0 Å². The summed E-state index contributed by atoms with van der Waals surface area (Å²) in [7, 11) is 0. The Hall–Kier alpha value is -2.71. The highest BCUT2D eigenvalue weighted by Crippen LogP contribution is 2.27. The molecule has 1 aliphatic heterocycles. The summed E-state index contributed by atoms with van der Waals surface area (Å²) < 4.78 is 0.525. The van der Waals surface area contributed by atoms with Gasteiger partial charge in [0, 0.05) is 18.4 Å². The van der Waals surface area contributed by atoms with Crippen LogP contribution < -0.4 is 16.4 Å². The number of hydrogen-bond acceptors (Lipinski definition) is 6. The summed E-state index contributed by atoms with van der Waals surface area (Å²) in [6, 6.07) is 8.90. The van der Waals surface area contributed by atoms with Crippen molar-refractivity contribution in [3.63, 3.8) is 0 Å². The van der Waals surface area contributed by atoms with Crippen molar-refractivity contribution in [2.75, 3.05) is 12.3 Å². The fraction of sp³-hybridized carbons (Fsp3) is 0.222. The molecule has 4 rings (SSSR count). The van der Waals surface area contributed by atoms with Crippen molar-refractivity contribution in [1.82, 2.24) is 20.6 Å². The fourth-order valence-corrected chi connectivity index (χ4v) is 4.24. The van der Waals surface area contributed by atoms with E-state index in [-0.39, 0.29) is 11.8 Å². The van der Waals surface area contributed by atoms with Gasteiger partial charge in [0.05, 0.1) is 14.7 Å². The van der Waals surface area contributed by atoms with Gasteiger partial charge in [0.15, 0.2) is 0 Å². The van der Waals surface area contributed by atoms with E-state index in [2.05, 4.69) is 20.6 Å². The molecular weight excluding hydrogens is 386 g/mol. The van der Waals surface area contributed by atoms with Crippen LogP contribution in [-0.4, -0.2) is 33.9 Å². The number of amides is 2. The van der Waals surface area contributed by atoms with Crippen LogP contribution in [0.3, 0.4) is 0 Å². The molecule has 3 heterocycles. The minimum absolute atomic E-state index is 0.194. The number of halogens is 1. The monoisotopic (exact) mass is 401 g/mol. The van der Waals surface area contributed by atoms with E-state index < -0.39 is 5.54 Å². The predicted octanol–water partition coefficient (Wildman–Crippen LogP) is 2.16. The number of carbonyl (C=O) groups excluding carboxylic acids is 2. The summed E-state index contributed by atoms with van der Waals surface area (Å²) >= 11 is 7.10. The molecule has 0 spiro atoms. The average molecular weight is 402 g/mol. The second-order valence-electron chi connectivity index (χ2n) is 6.43. The Morgan fingerprint density at radius 3 is 2.89 bits per heavy atom. The van der Waals surface area contributed by atoms with Crippen molar-refractivity contribution < 1.29 is 9.59 Å². The van der Waals surface area contributed by atoms with Crippen molar-refractivity contribution in [1.29, 1.82) is 0 Å². The lowest BCUT2D eigenvalue weighted by molar-refractivity contribution is -0.124. The fourth-order valence-electron chi connectivity index (χ4n) is 3.30. The average Bonchev–Trinajstić information content (AvgIpc) is 3.22. The number of nitrogens with zero attached hydrogens (tertiary/aromatic N) is 2. The van der Waals surface area contributed by atoms with Crippen LogP contribution >= 0.6 is 22.9 Å². The van der Waals surface area contributed by atoms with Gasteiger partial charge >= 0.3 is 0 Å². The Morgan fingerprint density at radius 2 is 2.19 bits per heavy atom. The maximum atomic E-state index is 12.6. The number of aromatic nitrogens is 2. The van der Waals surface area contributed by atoms with E-state index in [0.717, 1.165) is 10.9 Å². The molecule has 2 amide bonds. The highest BCUT2D eigenvalue weighted by atomic mass is 35.5. The molecule has 1 saturated heterocycles. The zero-order valence-electron chi connectivity index (χ0n) is 14.2. The quantitative estimate of drug-likeness (QED) is 0.620. The maximum absolute atomic E-state index is 12.6. The number of nitrogen functional groups attached to an aromatic ring is 1. The Morgan fingerprint density at radius 1 is 1.33 bits per heavy atom. The number of fused-ring (bicyclic) bond motifs is 1. The van der Waals surface area contributed by atoms with Gasteiger partial charge in [-0.15, -0.1) is 11.3 Å². The van der Waals surface area contributed by atoms with Crippen molar-refractivity contribution in [3.8, 4) is 0 Å². The first-order valence-electron chi connectivity index (χ1n) is 8.32. The van der Waals surface area contributed by atoms with E-state index in [1.807, 2.05) is 18.2 Å². The number of anilines is 1. The summed E-state index contributed by atoms with van der Waals surface area (Å²) in [5.74, 6) is -0.0974. The molecule has 1 aromatic carbocycles. The normalized spacial score (nSPS) is 19.2. The SMILES string of the molecule is Nc1ncnc2cc(C[C@]3(NC(=O)c4ccc(Cl)s4)CCNC3=O)ccc12. The highest BCUT2D eigenvalue weighted by Gasteiger charge is 2.44. The second kappa shape index (κ2) is 6.79. The Labute approximate surface area is 163 Å². The molecular formula is C18H16ClN5O2S. The number of rotatable bonds is 4. The maximum Gasteiger partial charge on any atom is 0.262 e. The van der Waals surface area contributed by atoms with Gasteiger partial charge in [0.2, 0.25) is 5.91 Å². The number of benzene rings is 1. The van der Waals surface area contributed by atoms with Gasteiger partial charge in [0.25, 0.3) is 5.91 Å². The lowest BCUT2D eigenvalue weighted by Crippen LogP contribution is -2.55. The van der Waals surface area contributed by atoms with Gasteiger partial charge in [-0.3, -0.25) is 9.59 Å². The van der Waals surface area contributed by atoms with Crippen molar-refractivity contribution >= 4 is 51.5 Å². The molecule has 1 aliphatic rings. The Kier molecular flexibility index (Phi) is 4.45. The Bertz CT molecular complexity index is 1050. The van der Waals surface area contributed by atoms with E-state index in [1.165, 1.54) is 17.7 Å². The number of thiophene rings is 1. The molecule has 1 fully saturated rings. The van der Waals surface area contributed by atoms with Crippen LogP contribution in [0.5, 0.6) is 0 Å². The summed E-state index contributed by atoms with van der Waals surface area (Å²) in [5, 5.41) is 6.49. The smallest absolute Gasteiger partial charge is 0.262 e. The third-order valence-electron chi connectivity index (χ3n) is 4.66. The molecule has 0 radical (unpaired) electrons. The van der Waals surface area contributed by atoms with Crippen LogP contribution in [0.25, 0.3) is 10.9 Å². The van der Waals surface area contributed by atoms with Gasteiger partial charge in [-0.25, -0.2) is 9.97 Å². The standard InChI is InChI=1S/C18H16ClN5O2S/c19-14-4-3-13(27-14)16(25)24-18(5-6-21-17(18)26)8-10-1-2-11-12(7-10)22-9-23-15(11)20/h1-4,7,9H,5-6,8H2,(H,21,26)(H,24,25)(H2,20,22,23)/t18-/m1/s1. The molecule has 3 aromatic rings. The van der Waals surface area contributed by atoms with Crippen LogP contribution in [0.15, 0.2) is 36.7 Å². The molecule has 0 aliphatic carbocycles. The number of nitrogens with one attached hydrogen (secondary N) is 2. The van der Waals surface area contributed by atoms with Crippen LogP contribution in [0.1, 0.15) is 21.7 Å². The number of carbonyl (C=O) groups is 2. The summed E-state index contributed by atoms with van der Waals surface area (Å²) in [6.45, 7) is 0.507. The first-order valence-corrected chi connectivity index (χ1v) is 9.52. The topological polar surface area (TPSA) is 110 Å². The van der Waals surface area contributed by atoms with Crippen LogP contribution in [0.4, 0.5) is 5.82 Å². The van der Waals surface area contributed by atoms with Crippen LogP contribution in [0, 0.1) is 0 Å². The third-order valence-corrected chi connectivity index (χ3v) is 5.89. The van der Waals surface area contributed by atoms with Crippen molar-refractivity contribution in [2.24, 2.45) is 0 Å². The van der Waals surface area contributed by atoms with Gasteiger partial charge < -0.3 is 16.4 Å². The van der Waals surface area contributed by atoms with Crippen LogP contribution in [0.2, 0.25) is 4.34 Å². The van der Waals surface area contributed by atoms with Gasteiger partial charge in [-0.2, -0.15) is 0 Å². The lowest BCUT2D eigenvalue weighted by Gasteiger charge is -2.27. The molecule has 2 aromatic heterocycles. The molecule has 9 heteroatoms. The van der Waals surface area contributed by atoms with E-state index in [4.69, 9.17) is 17.3 Å². The highest BCUT2D eigenvalue weighted by molar-refractivity contribution is 7.18. The zero-order valence-corrected chi connectivity index (χ0v) is 15.7. The zero-order chi connectivity index (χ0) is 19.0. The summed E-state index contributed by atoms with van der Waals surface area (Å²) in [4.78, 5) is 33.9. The first kappa shape index (κ1) is 17.7. The summed E-state index contributed by atoms with van der Waals surface area (Å²) in [5.41, 5.74) is 6.43. The minimum atomic E-state index is -1.01. The van der Waals surface area contributed by atoms with Gasteiger partial charge in [-0.1, -0.05) is 17.7 Å².